The number of amides is 1. The molecule has 1 aromatic carbocycles. The molecule has 0 spiro atoms. The fraction of sp³-hybridized carbons (Fsp3) is 0.320. The van der Waals surface area contributed by atoms with Gasteiger partial charge >= 0.3 is 0 Å². The van der Waals surface area contributed by atoms with E-state index in [1.165, 1.54) is 39.3 Å². The monoisotopic (exact) mass is 535 g/mol. The van der Waals surface area contributed by atoms with Crippen molar-refractivity contribution in [2.45, 2.75) is 52.6 Å². The molecule has 0 radical (unpaired) electrons. The van der Waals surface area contributed by atoms with E-state index in [-0.39, 0.29) is 17.7 Å². The van der Waals surface area contributed by atoms with E-state index in [1.807, 2.05) is 13.0 Å². The highest BCUT2D eigenvalue weighted by Gasteiger charge is 2.16. The summed E-state index contributed by atoms with van der Waals surface area (Å²) in [6.45, 7) is 6.26. The highest BCUT2D eigenvalue weighted by Crippen LogP contribution is 2.28. The summed E-state index contributed by atoms with van der Waals surface area (Å²) in [4.78, 5) is 29.9. The first-order valence-electron chi connectivity index (χ1n) is 11.8. The molecule has 0 fully saturated rings. The van der Waals surface area contributed by atoms with E-state index in [4.69, 9.17) is 4.74 Å². The van der Waals surface area contributed by atoms with Gasteiger partial charge in [-0.3, -0.25) is 14.9 Å². The molecule has 4 rings (SSSR count). The molecule has 37 heavy (non-hydrogen) atoms. The van der Waals surface area contributed by atoms with Crippen LogP contribution >= 0.6 is 22.7 Å². The van der Waals surface area contributed by atoms with Gasteiger partial charge in [-0.1, -0.05) is 55.6 Å². The SMILES string of the molecule is CCc1nn2c(=O)cc(COc3ccc(C=C(C#N)C(=O)Nc4nnc(C(CC)CC)s4)cc3)nc2s1. The van der Waals surface area contributed by atoms with Crippen LogP contribution in [0.5, 0.6) is 5.75 Å². The van der Waals surface area contributed by atoms with Gasteiger partial charge in [0.05, 0.1) is 5.69 Å². The zero-order valence-corrected chi connectivity index (χ0v) is 22.2. The van der Waals surface area contributed by atoms with Crippen molar-refractivity contribution < 1.29 is 9.53 Å². The molecule has 0 unspecified atom stereocenters. The van der Waals surface area contributed by atoms with E-state index >= 15 is 0 Å². The Kier molecular flexibility index (Phi) is 8.37. The molecule has 0 aliphatic heterocycles. The molecule has 190 valence electrons. The minimum atomic E-state index is -0.544. The van der Waals surface area contributed by atoms with Gasteiger partial charge in [0, 0.05) is 12.0 Å². The Labute approximate surface area is 221 Å². The molecule has 12 heteroatoms. The van der Waals surface area contributed by atoms with Crippen molar-refractivity contribution in [3.63, 3.8) is 0 Å². The number of hydrogen-bond acceptors (Lipinski definition) is 10. The number of hydrogen-bond donors (Lipinski definition) is 1. The maximum absolute atomic E-state index is 12.6. The van der Waals surface area contributed by atoms with Crippen LogP contribution in [-0.2, 0) is 17.8 Å². The maximum Gasteiger partial charge on any atom is 0.275 e. The van der Waals surface area contributed by atoms with Crippen LogP contribution < -0.4 is 15.6 Å². The van der Waals surface area contributed by atoms with Gasteiger partial charge in [-0.2, -0.15) is 14.9 Å². The average molecular weight is 536 g/mol. The minimum Gasteiger partial charge on any atom is -0.487 e. The summed E-state index contributed by atoms with van der Waals surface area (Å²) >= 11 is 2.70. The fourth-order valence-electron chi connectivity index (χ4n) is 3.50. The second-order valence-corrected chi connectivity index (χ2v) is 10.1. The lowest BCUT2D eigenvalue weighted by Gasteiger charge is -2.06. The lowest BCUT2D eigenvalue weighted by molar-refractivity contribution is -0.112. The first-order valence-corrected chi connectivity index (χ1v) is 13.4. The van der Waals surface area contributed by atoms with Crippen LogP contribution in [0.3, 0.4) is 0 Å². The van der Waals surface area contributed by atoms with Crippen LogP contribution in [0.4, 0.5) is 5.13 Å². The Morgan fingerprint density at radius 1 is 1.19 bits per heavy atom. The van der Waals surface area contributed by atoms with Gasteiger partial charge in [0.2, 0.25) is 10.1 Å². The van der Waals surface area contributed by atoms with Crippen molar-refractivity contribution in [2.24, 2.45) is 0 Å². The third-order valence-corrected chi connectivity index (χ3v) is 7.64. The Bertz CT molecular complexity index is 1530. The summed E-state index contributed by atoms with van der Waals surface area (Å²) in [6.07, 6.45) is 4.11. The Morgan fingerprint density at radius 2 is 1.95 bits per heavy atom. The maximum atomic E-state index is 12.6. The number of ether oxygens (including phenoxy) is 1. The van der Waals surface area contributed by atoms with Crippen LogP contribution in [0.2, 0.25) is 0 Å². The molecule has 3 aromatic heterocycles. The van der Waals surface area contributed by atoms with Crippen LogP contribution in [0.25, 0.3) is 11.0 Å². The normalized spacial score (nSPS) is 11.6. The summed E-state index contributed by atoms with van der Waals surface area (Å²) in [5, 5.41) is 26.7. The summed E-state index contributed by atoms with van der Waals surface area (Å²) in [7, 11) is 0. The third kappa shape index (κ3) is 6.25. The van der Waals surface area contributed by atoms with Crippen LogP contribution in [-0.4, -0.2) is 30.7 Å². The number of carbonyl (C=O) groups excluding carboxylic acids is 1. The lowest BCUT2D eigenvalue weighted by Crippen LogP contribution is -2.16. The number of fused-ring (bicyclic) bond motifs is 1. The number of carbonyl (C=O) groups is 1. The number of benzene rings is 1. The van der Waals surface area contributed by atoms with Crippen LogP contribution in [0.15, 0.2) is 40.7 Å². The van der Waals surface area contributed by atoms with Crippen molar-refractivity contribution in [2.75, 3.05) is 5.32 Å². The molecule has 0 aliphatic carbocycles. The van der Waals surface area contributed by atoms with Crippen molar-refractivity contribution >= 4 is 44.7 Å². The molecule has 0 aliphatic rings. The van der Waals surface area contributed by atoms with E-state index in [2.05, 4.69) is 39.4 Å². The van der Waals surface area contributed by atoms with Crippen molar-refractivity contribution in [3.05, 3.63) is 67.5 Å². The van der Waals surface area contributed by atoms with Crippen molar-refractivity contribution in [1.82, 2.24) is 24.8 Å². The number of nitrogens with zero attached hydrogens (tertiary/aromatic N) is 6. The summed E-state index contributed by atoms with van der Waals surface area (Å²) in [5.74, 6) is 0.317. The number of nitrogens with one attached hydrogen (secondary N) is 1. The molecule has 1 amide bonds. The molecule has 0 saturated heterocycles. The fourth-order valence-corrected chi connectivity index (χ4v) is 5.36. The number of rotatable bonds is 10. The van der Waals surface area contributed by atoms with Crippen LogP contribution in [0.1, 0.15) is 60.8 Å². The molecule has 1 N–H and O–H groups in total. The van der Waals surface area contributed by atoms with E-state index < -0.39 is 5.91 Å². The van der Waals surface area contributed by atoms with E-state index in [0.29, 0.717) is 33.0 Å². The summed E-state index contributed by atoms with van der Waals surface area (Å²) < 4.78 is 7.08. The molecule has 4 aromatic rings. The van der Waals surface area contributed by atoms with Crippen molar-refractivity contribution in [3.8, 4) is 11.8 Å². The molecule has 0 saturated carbocycles. The first kappa shape index (κ1) is 26.1. The predicted octanol–water partition coefficient (Wildman–Crippen LogP) is 4.59. The first-order chi connectivity index (χ1) is 17.9. The second kappa shape index (κ2) is 11.9. The smallest absolute Gasteiger partial charge is 0.275 e. The third-order valence-electron chi connectivity index (χ3n) is 5.58. The van der Waals surface area contributed by atoms with Gasteiger partial charge in [-0.15, -0.1) is 10.2 Å². The van der Waals surface area contributed by atoms with Gasteiger partial charge in [-0.25, -0.2) is 4.98 Å². The summed E-state index contributed by atoms with van der Waals surface area (Å²) in [6, 6.07) is 10.3. The number of aromatic nitrogens is 5. The van der Waals surface area contributed by atoms with E-state index in [1.54, 1.807) is 24.3 Å². The molecular formula is C25H25N7O3S2. The van der Waals surface area contributed by atoms with Gasteiger partial charge in [-0.05, 0) is 43.0 Å². The van der Waals surface area contributed by atoms with Gasteiger partial charge in [0.15, 0.2) is 0 Å². The lowest BCUT2D eigenvalue weighted by atomic mass is 10.1. The number of nitriles is 1. The van der Waals surface area contributed by atoms with Crippen LogP contribution in [0, 0.1) is 11.3 Å². The summed E-state index contributed by atoms with van der Waals surface area (Å²) in [5.41, 5.74) is 0.862. The highest BCUT2D eigenvalue weighted by atomic mass is 32.1. The topological polar surface area (TPSA) is 135 Å². The zero-order chi connectivity index (χ0) is 26.4. The zero-order valence-electron chi connectivity index (χ0n) is 20.6. The predicted molar refractivity (Wildman–Crippen MR) is 143 cm³/mol. The van der Waals surface area contributed by atoms with E-state index in [0.717, 1.165) is 29.3 Å². The molecule has 10 nitrogen and oxygen atoms in total. The van der Waals surface area contributed by atoms with Gasteiger partial charge in [0.1, 0.15) is 34.0 Å². The standard InChI is InChI=1S/C25H25N7O3S2/c1-4-16(5-2)23-29-30-24(37-23)28-22(34)17(13-26)11-15-7-9-19(10-8-15)35-14-18-12-21(33)32-25(27-18)36-20(6-3)31-32/h7-12,16H,4-6,14H2,1-3H3,(H,28,30,34). The second-order valence-electron chi connectivity index (χ2n) is 8.07. The Morgan fingerprint density at radius 3 is 2.62 bits per heavy atom. The molecular weight excluding hydrogens is 510 g/mol. The Balaban J connectivity index is 1.40. The number of anilines is 1. The van der Waals surface area contributed by atoms with Gasteiger partial charge < -0.3 is 4.74 Å². The molecule has 3 heterocycles. The Hall–Kier alpha value is -3.95. The van der Waals surface area contributed by atoms with Gasteiger partial charge in [0.25, 0.3) is 11.5 Å². The largest absolute Gasteiger partial charge is 0.487 e. The highest BCUT2D eigenvalue weighted by molar-refractivity contribution is 7.16. The van der Waals surface area contributed by atoms with E-state index in [9.17, 15) is 14.9 Å². The number of aryl methyl sites for hydroxylation is 1. The van der Waals surface area contributed by atoms with Crippen molar-refractivity contribution in [1.29, 1.82) is 5.26 Å². The minimum absolute atomic E-state index is 0.0538. The molecule has 0 bridgehead atoms. The quantitative estimate of drug-likeness (QED) is 0.230. The molecule has 0 atom stereocenters. The average Bonchev–Trinajstić information content (AvgIpc) is 3.54.